The molecule has 0 rings (SSSR count). The minimum Gasteiger partial charge on any atom is -0.170 e. The Morgan fingerprint density at radius 3 is 1.89 bits per heavy atom. The van der Waals surface area contributed by atoms with Gasteiger partial charge in [-0.3, -0.25) is 0 Å². The van der Waals surface area contributed by atoms with Crippen LogP contribution in [0.25, 0.3) is 0 Å². The molecule has 108 valence electrons. The fourth-order valence-electron chi connectivity index (χ4n) is 2.41. The van der Waals surface area contributed by atoms with E-state index in [0.29, 0.717) is 6.42 Å². The van der Waals surface area contributed by atoms with Crippen LogP contribution in [0.4, 0.5) is 13.2 Å². The molecule has 0 radical (unpaired) electrons. The molecule has 0 N–H and O–H groups in total. The van der Waals surface area contributed by atoms with Gasteiger partial charge in [0, 0.05) is 0 Å². The fraction of sp³-hybridized carbons (Fsp3) is 0.867. The average molecular weight is 264 g/mol. The van der Waals surface area contributed by atoms with Gasteiger partial charge in [0.2, 0.25) is 0 Å². The normalized spacial score (nSPS) is 15.7. The van der Waals surface area contributed by atoms with Gasteiger partial charge >= 0.3 is 6.18 Å². The topological polar surface area (TPSA) is 0 Å². The van der Waals surface area contributed by atoms with Crippen molar-refractivity contribution in [2.75, 3.05) is 0 Å². The first kappa shape index (κ1) is 17.5. The van der Waals surface area contributed by atoms with Crippen LogP contribution in [0.5, 0.6) is 0 Å². The first-order valence-electron chi connectivity index (χ1n) is 7.02. The Kier molecular flexibility index (Phi) is 7.65. The third-order valence-corrected chi connectivity index (χ3v) is 3.87. The third kappa shape index (κ3) is 4.66. The highest BCUT2D eigenvalue weighted by atomic mass is 19.4. The minimum absolute atomic E-state index is 0.170. The monoisotopic (exact) mass is 264 g/mol. The summed E-state index contributed by atoms with van der Waals surface area (Å²) >= 11 is 0. The lowest BCUT2D eigenvalue weighted by atomic mass is 9.72. The average Bonchev–Trinajstić information content (AvgIpc) is 2.26. The molecule has 0 aromatic rings. The van der Waals surface area contributed by atoms with Gasteiger partial charge in [0.1, 0.15) is 0 Å². The Bertz CT molecular complexity index is 230. The van der Waals surface area contributed by atoms with E-state index in [-0.39, 0.29) is 6.42 Å². The highest BCUT2D eigenvalue weighted by molar-refractivity contribution is 5.02. The van der Waals surface area contributed by atoms with E-state index in [9.17, 15) is 13.2 Å². The largest absolute Gasteiger partial charge is 0.398 e. The second kappa shape index (κ2) is 7.85. The van der Waals surface area contributed by atoms with Gasteiger partial charge in [0.05, 0.1) is 5.41 Å². The van der Waals surface area contributed by atoms with E-state index in [2.05, 4.69) is 13.5 Å². The molecule has 3 heteroatoms. The van der Waals surface area contributed by atoms with Gasteiger partial charge in [-0.15, -0.1) is 6.58 Å². The molecule has 1 atom stereocenters. The number of alkyl halides is 3. The molecule has 0 aromatic carbocycles. The number of unbranched alkanes of at least 4 members (excludes halogenated alkanes) is 5. The van der Waals surface area contributed by atoms with E-state index in [0.717, 1.165) is 31.8 Å². The lowest BCUT2D eigenvalue weighted by molar-refractivity contribution is -0.222. The van der Waals surface area contributed by atoms with Gasteiger partial charge in [-0.2, -0.15) is 13.2 Å². The predicted octanol–water partition coefficient (Wildman–Crippen LogP) is 6.13. The van der Waals surface area contributed by atoms with Crippen LogP contribution in [0.1, 0.15) is 65.7 Å². The van der Waals surface area contributed by atoms with Crippen LogP contribution in [-0.4, -0.2) is 6.18 Å². The lowest BCUT2D eigenvalue weighted by Crippen LogP contribution is -2.40. The van der Waals surface area contributed by atoms with E-state index in [1.54, 1.807) is 13.8 Å². The van der Waals surface area contributed by atoms with Crippen molar-refractivity contribution in [2.45, 2.75) is 71.9 Å². The smallest absolute Gasteiger partial charge is 0.170 e. The Morgan fingerprint density at radius 1 is 1.00 bits per heavy atom. The van der Waals surface area contributed by atoms with E-state index in [1.165, 1.54) is 6.42 Å². The predicted molar refractivity (Wildman–Crippen MR) is 71.5 cm³/mol. The van der Waals surface area contributed by atoms with Crippen molar-refractivity contribution in [1.82, 2.24) is 0 Å². The molecule has 1 unspecified atom stereocenters. The third-order valence-electron chi connectivity index (χ3n) is 3.87. The zero-order chi connectivity index (χ0) is 14.2. The van der Waals surface area contributed by atoms with Gasteiger partial charge in [-0.25, -0.2) is 0 Å². The number of hydrogen-bond acceptors (Lipinski definition) is 0. The molecule has 0 aromatic heterocycles. The van der Waals surface area contributed by atoms with Crippen LogP contribution in [0.15, 0.2) is 12.7 Å². The van der Waals surface area contributed by atoms with E-state index >= 15 is 0 Å². The summed E-state index contributed by atoms with van der Waals surface area (Å²) in [5, 5.41) is 0. The second-order valence-electron chi connectivity index (χ2n) is 5.41. The maximum absolute atomic E-state index is 13.2. The number of halogens is 3. The van der Waals surface area contributed by atoms with Crippen molar-refractivity contribution >= 4 is 0 Å². The molecule has 0 saturated carbocycles. The maximum Gasteiger partial charge on any atom is 0.398 e. The summed E-state index contributed by atoms with van der Waals surface area (Å²) in [6.45, 7) is 8.82. The van der Waals surface area contributed by atoms with Crippen LogP contribution in [-0.2, 0) is 0 Å². The van der Waals surface area contributed by atoms with Crippen molar-refractivity contribution in [1.29, 1.82) is 0 Å². The molecule has 0 aliphatic carbocycles. The Hall–Kier alpha value is -0.470. The lowest BCUT2D eigenvalue weighted by Gasteiger charge is -2.36. The molecule has 0 amide bonds. The zero-order valence-electron chi connectivity index (χ0n) is 11.9. The highest BCUT2D eigenvalue weighted by Crippen LogP contribution is 2.48. The number of rotatable bonds is 9. The maximum atomic E-state index is 13.2. The highest BCUT2D eigenvalue weighted by Gasteiger charge is 2.53. The minimum atomic E-state index is -4.19. The molecular formula is C15H27F3. The Balaban J connectivity index is 4.32. The quantitative estimate of drug-likeness (QED) is 0.347. The summed E-state index contributed by atoms with van der Waals surface area (Å²) in [5.74, 6) is -0.453. The van der Waals surface area contributed by atoms with Crippen molar-refractivity contribution in [3.63, 3.8) is 0 Å². The standard InChI is InChI=1S/C15H27F3/c1-5-7-8-9-10-11-12-14(6-2,13(3)4)15(16,17)18/h6,13H,2,5,7-12H2,1,3-4H3. The van der Waals surface area contributed by atoms with Crippen molar-refractivity contribution in [3.05, 3.63) is 12.7 Å². The zero-order valence-corrected chi connectivity index (χ0v) is 11.9. The summed E-state index contributed by atoms with van der Waals surface area (Å²) in [6, 6.07) is 0. The Morgan fingerprint density at radius 2 is 1.50 bits per heavy atom. The molecule has 0 fully saturated rings. The Labute approximate surface area is 110 Å². The first-order valence-corrected chi connectivity index (χ1v) is 7.02. The molecule has 0 aliphatic rings. The van der Waals surface area contributed by atoms with E-state index in [4.69, 9.17) is 0 Å². The number of hydrogen-bond donors (Lipinski definition) is 0. The fourth-order valence-corrected chi connectivity index (χ4v) is 2.41. The summed E-state index contributed by atoms with van der Waals surface area (Å²) in [5.41, 5.74) is -1.71. The molecule has 0 bridgehead atoms. The summed E-state index contributed by atoms with van der Waals surface area (Å²) in [6.07, 6.45) is 3.12. The van der Waals surface area contributed by atoms with Crippen LogP contribution in [0, 0.1) is 11.3 Å². The van der Waals surface area contributed by atoms with Gasteiger partial charge in [-0.05, 0) is 12.3 Å². The summed E-state index contributed by atoms with van der Waals surface area (Å²) < 4.78 is 39.6. The molecule has 0 aliphatic heterocycles. The molecule has 18 heavy (non-hydrogen) atoms. The van der Waals surface area contributed by atoms with Gasteiger partial charge in [0.25, 0.3) is 0 Å². The van der Waals surface area contributed by atoms with Crippen molar-refractivity contribution in [3.8, 4) is 0 Å². The van der Waals surface area contributed by atoms with Crippen molar-refractivity contribution < 1.29 is 13.2 Å². The molecule has 0 spiro atoms. The molecule has 0 nitrogen and oxygen atoms in total. The van der Waals surface area contributed by atoms with E-state index < -0.39 is 17.5 Å². The summed E-state index contributed by atoms with van der Waals surface area (Å²) in [7, 11) is 0. The second-order valence-corrected chi connectivity index (χ2v) is 5.41. The van der Waals surface area contributed by atoms with E-state index in [1.807, 2.05) is 0 Å². The first-order chi connectivity index (χ1) is 8.31. The van der Waals surface area contributed by atoms with Crippen LogP contribution in [0.3, 0.4) is 0 Å². The van der Waals surface area contributed by atoms with Crippen molar-refractivity contribution in [2.24, 2.45) is 11.3 Å². The SMILES string of the molecule is C=CC(CCCCCCCC)(C(C)C)C(F)(F)F. The molecule has 0 heterocycles. The molecule has 0 saturated heterocycles. The van der Waals surface area contributed by atoms with Crippen LogP contribution < -0.4 is 0 Å². The summed E-state index contributed by atoms with van der Waals surface area (Å²) in [4.78, 5) is 0. The molecular weight excluding hydrogens is 237 g/mol. The van der Waals surface area contributed by atoms with Crippen LogP contribution >= 0.6 is 0 Å². The number of allylic oxidation sites excluding steroid dienone is 1. The van der Waals surface area contributed by atoms with Gasteiger partial charge in [-0.1, -0.05) is 65.4 Å². The van der Waals surface area contributed by atoms with Gasteiger partial charge < -0.3 is 0 Å². The van der Waals surface area contributed by atoms with Crippen LogP contribution in [0.2, 0.25) is 0 Å². The van der Waals surface area contributed by atoms with Gasteiger partial charge in [0.15, 0.2) is 0 Å².